The van der Waals surface area contributed by atoms with Crippen molar-refractivity contribution in [3.63, 3.8) is 0 Å². The number of pyridine rings is 1. The van der Waals surface area contributed by atoms with Gasteiger partial charge in [0.15, 0.2) is 11.5 Å². The molecule has 23 heavy (non-hydrogen) atoms. The van der Waals surface area contributed by atoms with E-state index in [0.29, 0.717) is 22.6 Å². The number of nitrogens with one attached hydrogen (secondary N) is 1. The molecule has 0 saturated carbocycles. The Kier molecular flexibility index (Phi) is 3.71. The van der Waals surface area contributed by atoms with E-state index in [4.69, 9.17) is 0 Å². The predicted molar refractivity (Wildman–Crippen MR) is 82.0 cm³/mol. The topological polar surface area (TPSA) is 102 Å². The summed E-state index contributed by atoms with van der Waals surface area (Å²) in [4.78, 5) is 22.5. The average Bonchev–Trinajstić information content (AvgIpc) is 2.95. The number of aryl methyl sites for hydroxylation is 1. The quantitative estimate of drug-likeness (QED) is 0.585. The third-order valence-electron chi connectivity index (χ3n) is 3.45. The minimum absolute atomic E-state index is 0.00926. The predicted octanol–water partition coefficient (Wildman–Crippen LogP) is 1.88. The number of carbonyl (C=O) groups excluding carboxylic acids is 1. The van der Waals surface area contributed by atoms with Gasteiger partial charge >= 0.3 is 0 Å². The van der Waals surface area contributed by atoms with Gasteiger partial charge in [-0.25, -0.2) is 0 Å². The summed E-state index contributed by atoms with van der Waals surface area (Å²) in [6.45, 7) is 1.81. The van der Waals surface area contributed by atoms with E-state index < -0.39 is 4.92 Å². The van der Waals surface area contributed by atoms with E-state index >= 15 is 0 Å². The Labute approximate surface area is 130 Å². The number of aromatic nitrogens is 3. The zero-order chi connectivity index (χ0) is 16.4. The van der Waals surface area contributed by atoms with Crippen LogP contribution >= 0.6 is 0 Å². The molecule has 8 heteroatoms. The highest BCUT2D eigenvalue weighted by molar-refractivity contribution is 5.94. The van der Waals surface area contributed by atoms with Crippen molar-refractivity contribution in [1.82, 2.24) is 19.9 Å². The van der Waals surface area contributed by atoms with Crippen molar-refractivity contribution in [2.75, 3.05) is 0 Å². The molecule has 0 aliphatic carbocycles. The summed E-state index contributed by atoms with van der Waals surface area (Å²) in [5.41, 5.74) is 1.49. The molecule has 0 unspecified atom stereocenters. The fourth-order valence-corrected chi connectivity index (χ4v) is 2.27. The first-order valence-corrected chi connectivity index (χ1v) is 6.88. The maximum absolute atomic E-state index is 12.2. The average molecular weight is 311 g/mol. The number of benzene rings is 1. The summed E-state index contributed by atoms with van der Waals surface area (Å²) in [6.07, 6.45) is 1.81. The molecule has 0 radical (unpaired) electrons. The lowest BCUT2D eigenvalue weighted by Gasteiger charge is -2.05. The summed E-state index contributed by atoms with van der Waals surface area (Å²) in [7, 11) is 0. The second-order valence-corrected chi connectivity index (χ2v) is 4.99. The Hall–Kier alpha value is -3.29. The Morgan fingerprint density at radius 2 is 2.13 bits per heavy atom. The van der Waals surface area contributed by atoms with Crippen LogP contribution in [-0.2, 0) is 6.54 Å². The van der Waals surface area contributed by atoms with Gasteiger partial charge in [-0.05, 0) is 31.2 Å². The molecule has 0 spiro atoms. The molecule has 0 fully saturated rings. The van der Waals surface area contributed by atoms with Gasteiger partial charge in [0, 0.05) is 23.4 Å². The van der Waals surface area contributed by atoms with E-state index in [-0.39, 0.29) is 18.1 Å². The molecular weight excluding hydrogens is 298 g/mol. The second kappa shape index (κ2) is 5.84. The Morgan fingerprint density at radius 1 is 1.30 bits per heavy atom. The third-order valence-corrected chi connectivity index (χ3v) is 3.45. The smallest absolute Gasteiger partial charge is 0.272 e. The van der Waals surface area contributed by atoms with Crippen LogP contribution < -0.4 is 5.32 Å². The van der Waals surface area contributed by atoms with E-state index in [1.807, 2.05) is 24.4 Å². The number of carbonyl (C=O) groups is 1. The largest absolute Gasteiger partial charge is 0.345 e. The molecule has 8 nitrogen and oxygen atoms in total. The minimum atomic E-state index is -0.473. The number of nitro benzene ring substituents is 1. The summed E-state index contributed by atoms with van der Waals surface area (Å²) in [6, 6.07) is 9.78. The van der Waals surface area contributed by atoms with E-state index in [1.54, 1.807) is 11.3 Å². The van der Waals surface area contributed by atoms with Crippen molar-refractivity contribution in [2.24, 2.45) is 0 Å². The fraction of sp³-hybridized carbons (Fsp3) is 0.133. The van der Waals surface area contributed by atoms with E-state index in [1.165, 1.54) is 18.2 Å². The summed E-state index contributed by atoms with van der Waals surface area (Å²) < 4.78 is 1.78. The first-order valence-electron chi connectivity index (χ1n) is 6.88. The standard InChI is InChI=1S/C15H13N5O3/c1-10-8-11(5-6-12(10)20(22)23)15(21)16-9-14-18-17-13-4-2-3-7-19(13)14/h2-8H,9H2,1H3,(H,16,21). The van der Waals surface area contributed by atoms with Crippen LogP contribution in [0, 0.1) is 17.0 Å². The normalized spacial score (nSPS) is 10.7. The monoisotopic (exact) mass is 311 g/mol. The van der Waals surface area contributed by atoms with Gasteiger partial charge in [0.05, 0.1) is 11.5 Å². The van der Waals surface area contributed by atoms with Crippen molar-refractivity contribution in [3.8, 4) is 0 Å². The number of fused-ring (bicyclic) bond motifs is 1. The SMILES string of the molecule is Cc1cc(C(=O)NCc2nnc3ccccn23)ccc1[N+](=O)[O-]. The number of rotatable bonds is 4. The molecule has 0 atom stereocenters. The van der Waals surface area contributed by atoms with Gasteiger partial charge in [-0.15, -0.1) is 10.2 Å². The summed E-state index contributed by atoms with van der Waals surface area (Å²) >= 11 is 0. The fourth-order valence-electron chi connectivity index (χ4n) is 2.27. The van der Waals surface area contributed by atoms with E-state index in [0.717, 1.165) is 0 Å². The zero-order valence-electron chi connectivity index (χ0n) is 12.3. The lowest BCUT2D eigenvalue weighted by atomic mass is 10.1. The molecule has 0 aliphatic rings. The van der Waals surface area contributed by atoms with Gasteiger partial charge in [0.25, 0.3) is 11.6 Å². The third kappa shape index (κ3) is 2.86. The number of amides is 1. The molecule has 1 aromatic carbocycles. The van der Waals surface area contributed by atoms with E-state index in [2.05, 4.69) is 15.5 Å². The second-order valence-electron chi connectivity index (χ2n) is 4.99. The highest BCUT2D eigenvalue weighted by Crippen LogP contribution is 2.18. The maximum atomic E-state index is 12.2. The molecule has 3 rings (SSSR count). The lowest BCUT2D eigenvalue weighted by Crippen LogP contribution is -2.24. The van der Waals surface area contributed by atoms with Crippen LogP contribution in [0.15, 0.2) is 42.6 Å². The minimum Gasteiger partial charge on any atom is -0.345 e. The van der Waals surface area contributed by atoms with E-state index in [9.17, 15) is 14.9 Å². The van der Waals surface area contributed by atoms with Crippen molar-refractivity contribution in [1.29, 1.82) is 0 Å². The zero-order valence-corrected chi connectivity index (χ0v) is 12.3. The van der Waals surface area contributed by atoms with Crippen molar-refractivity contribution in [3.05, 3.63) is 69.7 Å². The van der Waals surface area contributed by atoms with Gasteiger partial charge in [-0.2, -0.15) is 0 Å². The van der Waals surface area contributed by atoms with Crippen molar-refractivity contribution < 1.29 is 9.72 Å². The molecule has 116 valence electrons. The van der Waals surface area contributed by atoms with Gasteiger partial charge in [0.1, 0.15) is 0 Å². The Morgan fingerprint density at radius 3 is 2.87 bits per heavy atom. The Bertz CT molecular complexity index is 903. The van der Waals surface area contributed by atoms with Gasteiger partial charge in [-0.3, -0.25) is 19.3 Å². The van der Waals surface area contributed by atoms with Crippen LogP contribution in [0.1, 0.15) is 21.7 Å². The lowest BCUT2D eigenvalue weighted by molar-refractivity contribution is -0.385. The molecule has 2 heterocycles. The highest BCUT2D eigenvalue weighted by Gasteiger charge is 2.14. The first-order chi connectivity index (χ1) is 11.1. The van der Waals surface area contributed by atoms with Crippen LogP contribution in [0.3, 0.4) is 0 Å². The van der Waals surface area contributed by atoms with Crippen LogP contribution in [0.25, 0.3) is 5.65 Å². The van der Waals surface area contributed by atoms with Gasteiger partial charge in [-0.1, -0.05) is 6.07 Å². The molecule has 0 saturated heterocycles. The van der Waals surface area contributed by atoms with Crippen LogP contribution in [-0.4, -0.2) is 25.4 Å². The number of nitro groups is 1. The molecule has 1 amide bonds. The highest BCUT2D eigenvalue weighted by atomic mass is 16.6. The van der Waals surface area contributed by atoms with Gasteiger partial charge in [0.2, 0.25) is 0 Å². The number of nitrogens with zero attached hydrogens (tertiary/aromatic N) is 4. The van der Waals surface area contributed by atoms with Gasteiger partial charge < -0.3 is 5.32 Å². The van der Waals surface area contributed by atoms with Crippen molar-refractivity contribution >= 4 is 17.2 Å². The summed E-state index contributed by atoms with van der Waals surface area (Å²) in [5, 5.41) is 21.6. The Balaban J connectivity index is 1.75. The number of hydrogen-bond donors (Lipinski definition) is 1. The molecule has 2 aromatic heterocycles. The molecule has 3 aromatic rings. The van der Waals surface area contributed by atoms with Crippen molar-refractivity contribution in [2.45, 2.75) is 13.5 Å². The number of hydrogen-bond acceptors (Lipinski definition) is 5. The van der Waals surface area contributed by atoms with Crippen LogP contribution in [0.2, 0.25) is 0 Å². The molecule has 0 aliphatic heterocycles. The molecule has 1 N–H and O–H groups in total. The molecule has 0 bridgehead atoms. The summed E-state index contributed by atoms with van der Waals surface area (Å²) in [5.74, 6) is 0.281. The maximum Gasteiger partial charge on any atom is 0.272 e. The van der Waals surface area contributed by atoms with Crippen LogP contribution in [0.5, 0.6) is 0 Å². The van der Waals surface area contributed by atoms with Crippen LogP contribution in [0.4, 0.5) is 5.69 Å². The molecular formula is C15H13N5O3. The first kappa shape index (κ1) is 14.6.